The molecule has 1 unspecified atom stereocenters. The summed E-state index contributed by atoms with van der Waals surface area (Å²) in [4.78, 5) is 10.6. The van der Waals surface area contributed by atoms with Gasteiger partial charge in [0.25, 0.3) is 0 Å². The number of fused-ring (bicyclic) bond motifs is 1. The lowest BCUT2D eigenvalue weighted by Gasteiger charge is -2.14. The summed E-state index contributed by atoms with van der Waals surface area (Å²) in [6.07, 6.45) is 4.46. The minimum absolute atomic E-state index is 0.0557. The molecule has 0 amide bonds. The van der Waals surface area contributed by atoms with Gasteiger partial charge in [0.05, 0.1) is 23.9 Å². The van der Waals surface area contributed by atoms with E-state index in [1.54, 1.807) is 6.08 Å². The molecule has 0 fully saturated rings. The van der Waals surface area contributed by atoms with E-state index in [-0.39, 0.29) is 6.04 Å². The number of hydrogen-bond acceptors (Lipinski definition) is 4. The van der Waals surface area contributed by atoms with Crippen LogP contribution in [0.1, 0.15) is 0 Å². The first-order chi connectivity index (χ1) is 5.83. The third-order valence-corrected chi connectivity index (χ3v) is 3.06. The Bertz CT molecular complexity index is 321. The van der Waals surface area contributed by atoms with E-state index >= 15 is 0 Å². The fraction of sp³-hybridized carbons (Fsp3) is 0.143. The third kappa shape index (κ3) is 1.18. The second-order valence-electron chi connectivity index (χ2n) is 2.41. The molecule has 1 heterocycles. The summed E-state index contributed by atoms with van der Waals surface area (Å²) in [7, 11) is 0. The molecule has 0 bridgehead atoms. The molecule has 0 saturated carbocycles. The van der Waals surface area contributed by atoms with Gasteiger partial charge < -0.3 is 0 Å². The Morgan fingerprint density at radius 2 is 2.50 bits per heavy atom. The maximum atomic E-state index is 10.6. The van der Waals surface area contributed by atoms with Crippen LogP contribution in [0.5, 0.6) is 0 Å². The van der Waals surface area contributed by atoms with Crippen LogP contribution in [0.2, 0.25) is 0 Å². The maximum Gasteiger partial charge on any atom is 0.151 e. The molecule has 62 valence electrons. The second-order valence-corrected chi connectivity index (χ2v) is 3.93. The molecule has 12 heavy (non-hydrogen) atoms. The molecule has 1 N–H and O–H groups in total. The molecule has 1 atom stereocenters. The predicted octanol–water partition coefficient (Wildman–Crippen LogP) is 1.38. The van der Waals surface area contributed by atoms with Gasteiger partial charge in [0.15, 0.2) is 6.29 Å². The Morgan fingerprint density at radius 3 is 3.25 bits per heavy atom. The van der Waals surface area contributed by atoms with Crippen molar-refractivity contribution in [3.05, 3.63) is 22.2 Å². The average Bonchev–Trinajstić information content (AvgIpc) is 2.54. The molecule has 0 radical (unpaired) electrons. The van der Waals surface area contributed by atoms with Crippen molar-refractivity contribution in [2.45, 2.75) is 6.04 Å². The van der Waals surface area contributed by atoms with Gasteiger partial charge in [-0.1, -0.05) is 15.9 Å². The van der Waals surface area contributed by atoms with Crippen LogP contribution in [-0.2, 0) is 4.79 Å². The van der Waals surface area contributed by atoms with Crippen molar-refractivity contribution in [1.82, 2.24) is 4.72 Å². The largest absolute Gasteiger partial charge is 0.298 e. The molecule has 1 aliphatic carbocycles. The van der Waals surface area contributed by atoms with Crippen molar-refractivity contribution >= 4 is 40.1 Å². The van der Waals surface area contributed by atoms with Crippen LogP contribution >= 0.6 is 28.1 Å². The van der Waals surface area contributed by atoms with E-state index < -0.39 is 0 Å². The normalized spacial score (nSPS) is 27.1. The molecular weight excluding hydrogens is 240 g/mol. The number of aldehydes is 1. The lowest BCUT2D eigenvalue weighted by atomic mass is 10.00. The summed E-state index contributed by atoms with van der Waals surface area (Å²) in [6.45, 7) is 0. The van der Waals surface area contributed by atoms with E-state index in [1.165, 1.54) is 12.1 Å². The first-order valence-electron chi connectivity index (χ1n) is 3.35. The Labute approximate surface area is 82.4 Å². The zero-order valence-corrected chi connectivity index (χ0v) is 8.35. The Kier molecular flexibility index (Phi) is 2.16. The Morgan fingerprint density at radius 1 is 1.67 bits per heavy atom. The molecule has 0 aromatic heterocycles. The molecule has 1 aliphatic heterocycles. The summed E-state index contributed by atoms with van der Waals surface area (Å²) >= 11 is 4.67. The molecule has 0 aromatic carbocycles. The molecule has 0 aromatic rings. The van der Waals surface area contributed by atoms with Crippen molar-refractivity contribution < 1.29 is 4.79 Å². The van der Waals surface area contributed by atoms with Gasteiger partial charge in [0.1, 0.15) is 0 Å². The number of nitrogens with zero attached hydrogens (tertiary/aromatic N) is 1. The van der Waals surface area contributed by atoms with Gasteiger partial charge in [-0.3, -0.25) is 4.79 Å². The number of carbonyl (C=O) groups is 1. The predicted molar refractivity (Wildman–Crippen MR) is 53.1 cm³/mol. The fourth-order valence-corrected chi connectivity index (χ4v) is 2.41. The van der Waals surface area contributed by atoms with E-state index in [0.29, 0.717) is 5.57 Å². The Balaban J connectivity index is 2.43. The highest BCUT2D eigenvalue weighted by Gasteiger charge is 2.28. The van der Waals surface area contributed by atoms with Gasteiger partial charge in [-0.25, -0.2) is 9.12 Å². The lowest BCUT2D eigenvalue weighted by Crippen LogP contribution is -2.31. The summed E-state index contributed by atoms with van der Waals surface area (Å²) in [5.74, 6) is 0. The standard InChI is InChI=1S/C7H5BrN2OS/c8-5-2-1-4(3-11)6-7(5)10-12-9-6/h1-3,7,10H. The molecule has 0 spiro atoms. The molecular formula is C7H5BrN2OS. The van der Waals surface area contributed by atoms with Crippen molar-refractivity contribution in [2.75, 3.05) is 0 Å². The van der Waals surface area contributed by atoms with Gasteiger partial charge in [-0.05, 0) is 12.2 Å². The van der Waals surface area contributed by atoms with Crippen LogP contribution in [0.3, 0.4) is 0 Å². The summed E-state index contributed by atoms with van der Waals surface area (Å²) in [6, 6.07) is 0.0557. The highest BCUT2D eigenvalue weighted by atomic mass is 79.9. The van der Waals surface area contributed by atoms with Gasteiger partial charge in [-0.2, -0.15) is 0 Å². The average molecular weight is 245 g/mol. The highest BCUT2D eigenvalue weighted by Crippen LogP contribution is 2.27. The van der Waals surface area contributed by atoms with Crippen molar-refractivity contribution in [2.24, 2.45) is 4.40 Å². The lowest BCUT2D eigenvalue weighted by molar-refractivity contribution is -0.104. The van der Waals surface area contributed by atoms with Crippen LogP contribution in [0.15, 0.2) is 26.6 Å². The zero-order chi connectivity index (χ0) is 8.55. The third-order valence-electron chi connectivity index (χ3n) is 1.71. The minimum Gasteiger partial charge on any atom is -0.298 e. The first-order valence-corrected chi connectivity index (χ1v) is 4.92. The summed E-state index contributed by atoms with van der Waals surface area (Å²) in [5, 5.41) is 0. The molecule has 5 heteroatoms. The number of rotatable bonds is 1. The fourth-order valence-electron chi connectivity index (χ4n) is 1.09. The van der Waals surface area contributed by atoms with Crippen LogP contribution < -0.4 is 4.72 Å². The number of nitrogens with one attached hydrogen (secondary N) is 1. The monoisotopic (exact) mass is 244 g/mol. The molecule has 0 saturated heterocycles. The van der Waals surface area contributed by atoms with E-state index in [1.807, 2.05) is 6.08 Å². The molecule has 3 nitrogen and oxygen atoms in total. The molecule has 2 rings (SSSR count). The van der Waals surface area contributed by atoms with E-state index in [9.17, 15) is 4.79 Å². The van der Waals surface area contributed by atoms with Crippen LogP contribution in [0.25, 0.3) is 0 Å². The number of allylic oxidation sites excluding steroid dienone is 2. The van der Waals surface area contributed by atoms with Crippen molar-refractivity contribution in [1.29, 1.82) is 0 Å². The first kappa shape index (κ1) is 8.22. The van der Waals surface area contributed by atoms with Crippen molar-refractivity contribution in [3.8, 4) is 0 Å². The van der Waals surface area contributed by atoms with Gasteiger partial charge in [0, 0.05) is 10.1 Å². The molecule has 2 aliphatic rings. The number of halogens is 1. The van der Waals surface area contributed by atoms with E-state index in [2.05, 4.69) is 25.0 Å². The second kappa shape index (κ2) is 3.16. The van der Waals surface area contributed by atoms with E-state index in [4.69, 9.17) is 0 Å². The summed E-state index contributed by atoms with van der Waals surface area (Å²) < 4.78 is 8.19. The topological polar surface area (TPSA) is 41.5 Å². The Hall–Kier alpha value is -0.390. The quantitative estimate of drug-likeness (QED) is 0.560. The minimum atomic E-state index is 0.0557. The zero-order valence-electron chi connectivity index (χ0n) is 5.95. The summed E-state index contributed by atoms with van der Waals surface area (Å²) in [5.41, 5.74) is 1.46. The SMILES string of the molecule is O=CC1=CC=C(Br)C2NSN=C12. The van der Waals surface area contributed by atoms with Crippen molar-refractivity contribution in [3.63, 3.8) is 0 Å². The number of carbonyl (C=O) groups excluding carboxylic acids is 1. The smallest absolute Gasteiger partial charge is 0.151 e. The maximum absolute atomic E-state index is 10.6. The van der Waals surface area contributed by atoms with E-state index in [0.717, 1.165) is 16.5 Å². The van der Waals surface area contributed by atoms with Gasteiger partial charge >= 0.3 is 0 Å². The van der Waals surface area contributed by atoms with Crippen LogP contribution in [-0.4, -0.2) is 18.0 Å². The highest BCUT2D eigenvalue weighted by molar-refractivity contribution is 9.11. The van der Waals surface area contributed by atoms with Gasteiger partial charge in [-0.15, -0.1) is 0 Å². The van der Waals surface area contributed by atoms with Crippen LogP contribution in [0.4, 0.5) is 0 Å². The number of hydrogen-bond donors (Lipinski definition) is 1. The van der Waals surface area contributed by atoms with Gasteiger partial charge in [0.2, 0.25) is 0 Å². The van der Waals surface area contributed by atoms with Crippen LogP contribution in [0, 0.1) is 0 Å².